The molecule has 0 saturated heterocycles. The first-order valence-electron chi connectivity index (χ1n) is 6.43. The zero-order valence-electron chi connectivity index (χ0n) is 10.5. The molecule has 2 atom stereocenters. The lowest BCUT2D eigenvalue weighted by Gasteiger charge is -2.19. The number of anilines is 1. The molecule has 0 radical (unpaired) electrons. The Kier molecular flexibility index (Phi) is 2.91. The molecule has 2 N–H and O–H groups in total. The summed E-state index contributed by atoms with van der Waals surface area (Å²) in [6, 6.07) is 2.28. The molecule has 0 aromatic carbocycles. The van der Waals surface area contributed by atoms with Gasteiger partial charge in [0.25, 0.3) is 0 Å². The molecule has 0 aliphatic heterocycles. The SMILES string of the molecule is Cn1cnc2c(NC3CCCC3CO)nccc21. The highest BCUT2D eigenvalue weighted by atomic mass is 16.3. The average Bonchev–Trinajstić information content (AvgIpc) is 2.98. The maximum atomic E-state index is 9.35. The van der Waals surface area contributed by atoms with Gasteiger partial charge >= 0.3 is 0 Å². The summed E-state index contributed by atoms with van der Waals surface area (Å²) in [4.78, 5) is 8.77. The second-order valence-electron chi connectivity index (χ2n) is 5.01. The van der Waals surface area contributed by atoms with Crippen LogP contribution >= 0.6 is 0 Å². The van der Waals surface area contributed by atoms with Crippen molar-refractivity contribution in [1.29, 1.82) is 0 Å². The molecular formula is C13H18N4O. The number of nitrogens with one attached hydrogen (secondary N) is 1. The van der Waals surface area contributed by atoms with Crippen LogP contribution in [0.5, 0.6) is 0 Å². The van der Waals surface area contributed by atoms with E-state index in [9.17, 15) is 5.11 Å². The lowest BCUT2D eigenvalue weighted by atomic mass is 10.1. The van der Waals surface area contributed by atoms with Crippen LogP contribution in [0.1, 0.15) is 19.3 Å². The van der Waals surface area contributed by atoms with Gasteiger partial charge in [0.15, 0.2) is 5.82 Å². The molecule has 5 nitrogen and oxygen atoms in total. The first-order valence-corrected chi connectivity index (χ1v) is 6.43. The van der Waals surface area contributed by atoms with Gasteiger partial charge in [0.2, 0.25) is 0 Å². The van der Waals surface area contributed by atoms with E-state index >= 15 is 0 Å². The average molecular weight is 246 g/mol. The van der Waals surface area contributed by atoms with Crippen molar-refractivity contribution in [3.8, 4) is 0 Å². The zero-order chi connectivity index (χ0) is 12.5. The summed E-state index contributed by atoms with van der Waals surface area (Å²) in [6.07, 6.45) is 6.95. The summed E-state index contributed by atoms with van der Waals surface area (Å²) in [6.45, 7) is 0.246. The topological polar surface area (TPSA) is 63.0 Å². The van der Waals surface area contributed by atoms with Crippen LogP contribution in [0.2, 0.25) is 0 Å². The third-order valence-corrected chi connectivity index (χ3v) is 3.86. The van der Waals surface area contributed by atoms with E-state index in [0.29, 0.717) is 12.0 Å². The number of hydrogen-bond donors (Lipinski definition) is 2. The van der Waals surface area contributed by atoms with Crippen LogP contribution in [0.4, 0.5) is 5.82 Å². The van der Waals surface area contributed by atoms with Crippen LogP contribution in [-0.4, -0.2) is 32.3 Å². The van der Waals surface area contributed by atoms with Crippen LogP contribution in [0.25, 0.3) is 11.0 Å². The quantitative estimate of drug-likeness (QED) is 0.862. The number of aryl methyl sites for hydroxylation is 1. The molecule has 1 fully saturated rings. The van der Waals surface area contributed by atoms with Crippen LogP contribution in [0.3, 0.4) is 0 Å². The highest BCUT2D eigenvalue weighted by molar-refractivity contribution is 5.85. The van der Waals surface area contributed by atoms with E-state index in [4.69, 9.17) is 0 Å². The summed E-state index contributed by atoms with van der Waals surface area (Å²) in [5.74, 6) is 1.17. The Bertz CT molecular complexity index is 551. The molecule has 5 heteroatoms. The molecule has 1 saturated carbocycles. The minimum atomic E-state index is 0.246. The van der Waals surface area contributed by atoms with E-state index < -0.39 is 0 Å². The number of fused-ring (bicyclic) bond motifs is 1. The highest BCUT2D eigenvalue weighted by Crippen LogP contribution is 2.29. The fourth-order valence-corrected chi connectivity index (χ4v) is 2.79. The first kappa shape index (κ1) is 11.5. The number of hydrogen-bond acceptors (Lipinski definition) is 4. The molecule has 2 aromatic rings. The van der Waals surface area contributed by atoms with Gasteiger partial charge in [-0.3, -0.25) is 0 Å². The standard InChI is InChI=1S/C13H18N4O/c1-17-8-15-12-11(17)5-6-14-13(12)16-10-4-2-3-9(10)7-18/h5-6,8-10,18H,2-4,7H2,1H3,(H,14,16). The third kappa shape index (κ3) is 1.84. The van der Waals surface area contributed by atoms with Crippen LogP contribution in [0.15, 0.2) is 18.6 Å². The zero-order valence-corrected chi connectivity index (χ0v) is 10.5. The smallest absolute Gasteiger partial charge is 0.154 e. The Labute approximate surface area is 106 Å². The van der Waals surface area contributed by atoms with Crippen molar-refractivity contribution in [1.82, 2.24) is 14.5 Å². The summed E-state index contributed by atoms with van der Waals surface area (Å²) in [5.41, 5.74) is 1.98. The molecule has 18 heavy (non-hydrogen) atoms. The van der Waals surface area contributed by atoms with Crippen molar-refractivity contribution < 1.29 is 5.11 Å². The fourth-order valence-electron chi connectivity index (χ4n) is 2.79. The van der Waals surface area contributed by atoms with Crippen molar-refractivity contribution in [2.75, 3.05) is 11.9 Å². The molecule has 2 aromatic heterocycles. The number of aromatic nitrogens is 3. The van der Waals surface area contributed by atoms with Crippen LogP contribution < -0.4 is 5.32 Å². The summed E-state index contributed by atoms with van der Waals surface area (Å²) < 4.78 is 1.99. The molecule has 2 unspecified atom stereocenters. The minimum absolute atomic E-state index is 0.246. The van der Waals surface area contributed by atoms with Gasteiger partial charge in [0.1, 0.15) is 5.52 Å². The molecule has 0 bridgehead atoms. The Morgan fingerprint density at radius 2 is 2.33 bits per heavy atom. The van der Waals surface area contributed by atoms with E-state index in [0.717, 1.165) is 29.7 Å². The van der Waals surface area contributed by atoms with Crippen LogP contribution in [0, 0.1) is 5.92 Å². The van der Waals surface area contributed by atoms with E-state index in [2.05, 4.69) is 15.3 Å². The van der Waals surface area contributed by atoms with Crippen LogP contribution in [-0.2, 0) is 7.05 Å². The number of imidazole rings is 1. The highest BCUT2D eigenvalue weighted by Gasteiger charge is 2.27. The fraction of sp³-hybridized carbons (Fsp3) is 0.538. The number of rotatable bonds is 3. The number of aliphatic hydroxyl groups is 1. The maximum absolute atomic E-state index is 9.35. The Hall–Kier alpha value is -1.62. The molecular weight excluding hydrogens is 228 g/mol. The van der Waals surface area contributed by atoms with Crippen molar-refractivity contribution in [2.24, 2.45) is 13.0 Å². The molecule has 96 valence electrons. The number of aliphatic hydroxyl groups excluding tert-OH is 1. The predicted octanol–water partition coefficient (Wildman–Crippen LogP) is 1.54. The lowest BCUT2D eigenvalue weighted by Crippen LogP contribution is -2.26. The lowest BCUT2D eigenvalue weighted by molar-refractivity contribution is 0.222. The Morgan fingerprint density at radius 3 is 3.17 bits per heavy atom. The summed E-state index contributed by atoms with van der Waals surface area (Å²) in [7, 11) is 1.98. The van der Waals surface area contributed by atoms with Gasteiger partial charge in [0.05, 0.1) is 11.8 Å². The van der Waals surface area contributed by atoms with Gasteiger partial charge in [-0.1, -0.05) is 6.42 Å². The minimum Gasteiger partial charge on any atom is -0.396 e. The van der Waals surface area contributed by atoms with Gasteiger partial charge in [-0.2, -0.15) is 0 Å². The largest absolute Gasteiger partial charge is 0.396 e. The summed E-state index contributed by atoms with van der Waals surface area (Å²) >= 11 is 0. The van der Waals surface area contributed by atoms with Crippen molar-refractivity contribution in [2.45, 2.75) is 25.3 Å². The second kappa shape index (κ2) is 4.57. The molecule has 3 rings (SSSR count). The molecule has 0 amide bonds. The maximum Gasteiger partial charge on any atom is 0.154 e. The molecule has 0 spiro atoms. The van der Waals surface area contributed by atoms with Gasteiger partial charge in [-0.05, 0) is 18.9 Å². The van der Waals surface area contributed by atoms with Gasteiger partial charge in [-0.15, -0.1) is 0 Å². The van der Waals surface area contributed by atoms with E-state index in [1.165, 1.54) is 6.42 Å². The summed E-state index contributed by atoms with van der Waals surface area (Å²) in [5, 5.41) is 12.8. The second-order valence-corrected chi connectivity index (χ2v) is 5.01. The van der Waals surface area contributed by atoms with Gasteiger partial charge in [0, 0.05) is 31.8 Å². The normalized spacial score (nSPS) is 23.7. The first-order chi connectivity index (χ1) is 8.79. The van der Waals surface area contributed by atoms with Crippen molar-refractivity contribution in [3.05, 3.63) is 18.6 Å². The van der Waals surface area contributed by atoms with Crippen molar-refractivity contribution >= 4 is 16.9 Å². The monoisotopic (exact) mass is 246 g/mol. The van der Waals surface area contributed by atoms with E-state index in [1.807, 2.05) is 17.7 Å². The third-order valence-electron chi connectivity index (χ3n) is 3.86. The van der Waals surface area contributed by atoms with E-state index in [-0.39, 0.29) is 6.61 Å². The van der Waals surface area contributed by atoms with Gasteiger partial charge < -0.3 is 15.0 Å². The Morgan fingerprint density at radius 1 is 1.44 bits per heavy atom. The number of pyridine rings is 1. The molecule has 2 heterocycles. The Balaban J connectivity index is 1.90. The molecule has 1 aliphatic rings. The predicted molar refractivity (Wildman–Crippen MR) is 70.3 cm³/mol. The van der Waals surface area contributed by atoms with Crippen molar-refractivity contribution in [3.63, 3.8) is 0 Å². The number of nitrogens with zero attached hydrogens (tertiary/aromatic N) is 3. The molecule has 1 aliphatic carbocycles. The van der Waals surface area contributed by atoms with Gasteiger partial charge in [-0.25, -0.2) is 9.97 Å². The van der Waals surface area contributed by atoms with E-state index in [1.54, 1.807) is 12.5 Å².